The van der Waals surface area contributed by atoms with Crippen molar-refractivity contribution in [1.82, 2.24) is 0 Å². The summed E-state index contributed by atoms with van der Waals surface area (Å²) in [5.74, 6) is -3.87. The quantitative estimate of drug-likeness (QED) is 0.0651. The van der Waals surface area contributed by atoms with Crippen LogP contribution in [0.25, 0.3) is 21.5 Å². The molecule has 0 aliphatic carbocycles. The fraction of sp³-hybridized carbons (Fsp3) is 0.400. The molecule has 4 unspecified atom stereocenters. The molecule has 0 saturated carbocycles. The van der Waals surface area contributed by atoms with E-state index >= 15 is 0 Å². The molecule has 1 aliphatic heterocycles. The van der Waals surface area contributed by atoms with Crippen molar-refractivity contribution >= 4 is 45.7 Å². The van der Waals surface area contributed by atoms with Gasteiger partial charge in [0, 0.05) is 5.56 Å². The van der Waals surface area contributed by atoms with Crippen molar-refractivity contribution in [3.05, 3.63) is 60.2 Å². The summed E-state index contributed by atoms with van der Waals surface area (Å²) in [5, 5.41) is 17.1. The van der Waals surface area contributed by atoms with Crippen LogP contribution in [-0.2, 0) is 33.4 Å². The van der Waals surface area contributed by atoms with Crippen molar-refractivity contribution in [1.29, 1.82) is 0 Å². The number of epoxide rings is 1. The molecule has 1 saturated heterocycles. The Hall–Kier alpha value is -3.82. The lowest BCUT2D eigenvalue weighted by Gasteiger charge is -2.22. The number of aliphatic hydroxyl groups is 1. The first kappa shape index (κ1) is 28.2. The van der Waals surface area contributed by atoms with Crippen LogP contribution in [0.1, 0.15) is 38.7 Å². The van der Waals surface area contributed by atoms with Gasteiger partial charge >= 0.3 is 17.9 Å². The van der Waals surface area contributed by atoms with Gasteiger partial charge < -0.3 is 24.2 Å². The van der Waals surface area contributed by atoms with E-state index in [-0.39, 0.29) is 25.6 Å². The first-order valence-electron chi connectivity index (χ1n) is 13.1. The summed E-state index contributed by atoms with van der Waals surface area (Å²) in [4.78, 5) is 43.1. The fourth-order valence-electron chi connectivity index (χ4n) is 4.63. The van der Waals surface area contributed by atoms with Crippen LogP contribution >= 0.6 is 0 Å². The second kappa shape index (κ2) is 13.3. The highest BCUT2D eigenvalue weighted by Gasteiger charge is 2.33. The van der Waals surface area contributed by atoms with Crippen molar-refractivity contribution in [2.45, 2.75) is 39.2 Å². The zero-order valence-electron chi connectivity index (χ0n) is 22.1. The standard InChI is InChI=1S/C30H33NO8/c1-3-20(29(34)37-17-24-16-36-24)13-23(30(35)38-18-32)12-19(2)28(33)39-31-15-27-25-10-6-4-8-21(25)14-22-9-5-7-11-26(22)27/h4-11,14-15,19-20,23-24,32H,3,12-13,16-18H2,1-2H3. The van der Waals surface area contributed by atoms with Gasteiger partial charge in [0.15, 0.2) is 6.79 Å². The van der Waals surface area contributed by atoms with E-state index in [4.69, 9.17) is 24.2 Å². The van der Waals surface area contributed by atoms with E-state index in [1.807, 2.05) is 55.5 Å². The van der Waals surface area contributed by atoms with Gasteiger partial charge in [-0.15, -0.1) is 0 Å². The monoisotopic (exact) mass is 535 g/mol. The molecule has 3 aromatic rings. The van der Waals surface area contributed by atoms with Gasteiger partial charge in [-0.1, -0.05) is 67.5 Å². The molecule has 0 radical (unpaired) electrons. The third-order valence-corrected chi connectivity index (χ3v) is 6.93. The molecule has 1 N–H and O–H groups in total. The molecule has 4 rings (SSSR count). The molecular weight excluding hydrogens is 502 g/mol. The first-order valence-corrected chi connectivity index (χ1v) is 13.1. The summed E-state index contributed by atoms with van der Waals surface area (Å²) in [7, 11) is 0. The highest BCUT2D eigenvalue weighted by molar-refractivity contribution is 6.13. The van der Waals surface area contributed by atoms with Crippen molar-refractivity contribution in [3.8, 4) is 0 Å². The fourth-order valence-corrected chi connectivity index (χ4v) is 4.63. The van der Waals surface area contributed by atoms with E-state index < -0.39 is 42.5 Å². The summed E-state index contributed by atoms with van der Waals surface area (Å²) in [6.45, 7) is 3.38. The predicted molar refractivity (Wildman–Crippen MR) is 145 cm³/mol. The average Bonchev–Trinajstić information content (AvgIpc) is 3.78. The number of carbonyl (C=O) groups is 3. The van der Waals surface area contributed by atoms with Gasteiger partial charge in [0.25, 0.3) is 0 Å². The number of aliphatic hydroxyl groups excluding tert-OH is 1. The number of esters is 2. The molecule has 4 atom stereocenters. The number of oxime groups is 1. The maximum absolute atomic E-state index is 12.8. The molecule has 0 amide bonds. The Morgan fingerprint density at radius 1 is 0.974 bits per heavy atom. The summed E-state index contributed by atoms with van der Waals surface area (Å²) in [6.07, 6.45) is 2.07. The lowest BCUT2D eigenvalue weighted by atomic mass is 9.86. The highest BCUT2D eigenvalue weighted by atomic mass is 16.7. The number of benzene rings is 3. The third-order valence-electron chi connectivity index (χ3n) is 6.93. The molecule has 3 aromatic carbocycles. The Labute approximate surface area is 226 Å². The minimum Gasteiger partial charge on any atom is -0.463 e. The zero-order chi connectivity index (χ0) is 27.8. The average molecular weight is 536 g/mol. The minimum absolute atomic E-state index is 0.0555. The van der Waals surface area contributed by atoms with E-state index in [0.717, 1.165) is 27.1 Å². The molecule has 9 heteroatoms. The van der Waals surface area contributed by atoms with Gasteiger partial charge in [0.2, 0.25) is 0 Å². The molecule has 206 valence electrons. The second-order valence-corrected chi connectivity index (χ2v) is 9.73. The third kappa shape index (κ3) is 7.40. The van der Waals surface area contributed by atoms with E-state index in [2.05, 4.69) is 11.2 Å². The van der Waals surface area contributed by atoms with Crippen LogP contribution in [0.15, 0.2) is 59.8 Å². The summed E-state index contributed by atoms with van der Waals surface area (Å²) in [5.41, 5.74) is 0.828. The molecule has 39 heavy (non-hydrogen) atoms. The number of hydrogen-bond acceptors (Lipinski definition) is 9. The molecule has 9 nitrogen and oxygen atoms in total. The Balaban J connectivity index is 1.43. The predicted octanol–water partition coefficient (Wildman–Crippen LogP) is 4.36. The second-order valence-electron chi connectivity index (χ2n) is 9.73. The topological polar surface area (TPSA) is 124 Å². The largest absolute Gasteiger partial charge is 0.463 e. The molecular formula is C30H33NO8. The Bertz CT molecular complexity index is 1300. The minimum atomic E-state index is -0.819. The van der Waals surface area contributed by atoms with Gasteiger partial charge in [-0.25, -0.2) is 4.79 Å². The van der Waals surface area contributed by atoms with Crippen LogP contribution in [0.2, 0.25) is 0 Å². The van der Waals surface area contributed by atoms with Crippen LogP contribution in [0, 0.1) is 17.8 Å². The van der Waals surface area contributed by atoms with E-state index in [1.165, 1.54) is 6.21 Å². The van der Waals surface area contributed by atoms with E-state index in [1.54, 1.807) is 6.92 Å². The Morgan fingerprint density at radius 3 is 2.18 bits per heavy atom. The summed E-state index contributed by atoms with van der Waals surface area (Å²) >= 11 is 0. The molecule has 0 spiro atoms. The number of fused-ring (bicyclic) bond motifs is 2. The van der Waals surface area contributed by atoms with Gasteiger partial charge in [-0.2, -0.15) is 0 Å². The molecule has 0 bridgehead atoms. The lowest BCUT2D eigenvalue weighted by molar-refractivity contribution is -0.160. The van der Waals surface area contributed by atoms with Gasteiger partial charge in [-0.05, 0) is 46.9 Å². The number of nitrogens with zero attached hydrogens (tertiary/aromatic N) is 1. The van der Waals surface area contributed by atoms with Crippen molar-refractivity contribution in [2.75, 3.05) is 20.0 Å². The number of rotatable bonds is 13. The van der Waals surface area contributed by atoms with Crippen molar-refractivity contribution < 1.29 is 38.5 Å². The maximum atomic E-state index is 12.8. The summed E-state index contributed by atoms with van der Waals surface area (Å²) < 4.78 is 15.2. The highest BCUT2D eigenvalue weighted by Crippen LogP contribution is 2.28. The Morgan fingerprint density at radius 2 is 1.59 bits per heavy atom. The van der Waals surface area contributed by atoms with Gasteiger partial charge in [-0.3, -0.25) is 9.59 Å². The van der Waals surface area contributed by atoms with E-state index in [9.17, 15) is 14.4 Å². The normalized spacial score (nSPS) is 17.1. The number of hydrogen-bond donors (Lipinski definition) is 1. The molecule has 1 fully saturated rings. The molecule has 1 heterocycles. The van der Waals surface area contributed by atoms with Gasteiger partial charge in [0.1, 0.15) is 12.7 Å². The SMILES string of the molecule is CCC(CC(CC(C)C(=O)ON=Cc1c2ccccc2cc2ccccc12)C(=O)OCO)C(=O)OCC1CO1. The van der Waals surface area contributed by atoms with Crippen molar-refractivity contribution in [2.24, 2.45) is 22.9 Å². The Kier molecular flexibility index (Phi) is 9.62. The lowest BCUT2D eigenvalue weighted by Crippen LogP contribution is -2.29. The first-order chi connectivity index (χ1) is 18.9. The van der Waals surface area contributed by atoms with E-state index in [0.29, 0.717) is 13.0 Å². The molecule has 0 aromatic heterocycles. The van der Waals surface area contributed by atoms with Crippen molar-refractivity contribution in [3.63, 3.8) is 0 Å². The smallest absolute Gasteiger partial charge is 0.337 e. The maximum Gasteiger partial charge on any atom is 0.337 e. The number of ether oxygens (including phenoxy) is 3. The van der Waals surface area contributed by atoms with Crippen LogP contribution in [0.5, 0.6) is 0 Å². The van der Waals surface area contributed by atoms with Crippen LogP contribution in [-0.4, -0.2) is 55.3 Å². The zero-order valence-corrected chi connectivity index (χ0v) is 22.1. The molecule has 1 aliphatic rings. The van der Waals surface area contributed by atoms with Crippen LogP contribution in [0.4, 0.5) is 0 Å². The summed E-state index contributed by atoms with van der Waals surface area (Å²) in [6, 6.07) is 17.9. The van der Waals surface area contributed by atoms with Gasteiger partial charge in [0.05, 0.1) is 30.6 Å². The number of carbonyl (C=O) groups excluding carboxylic acids is 3. The van der Waals surface area contributed by atoms with Crippen LogP contribution in [0.3, 0.4) is 0 Å². The van der Waals surface area contributed by atoms with Crippen LogP contribution < -0.4 is 0 Å².